The van der Waals surface area contributed by atoms with E-state index in [2.05, 4.69) is 10.1 Å². The van der Waals surface area contributed by atoms with Crippen molar-refractivity contribution in [3.05, 3.63) is 29.0 Å². The highest BCUT2D eigenvalue weighted by molar-refractivity contribution is 6.30. The number of carbonyl (C=O) groups excluding carboxylic acids is 1. The average molecular weight is 285 g/mol. The number of halogens is 1. The van der Waals surface area contributed by atoms with E-state index in [1.165, 1.54) is 6.20 Å². The zero-order valence-electron chi connectivity index (χ0n) is 9.99. The molecule has 8 heteroatoms. The third-order valence-corrected chi connectivity index (χ3v) is 2.97. The van der Waals surface area contributed by atoms with Crippen LogP contribution in [0.15, 0.2) is 23.5 Å². The largest absolute Gasteiger partial charge is 0.409 e. The first-order chi connectivity index (χ1) is 9.11. The van der Waals surface area contributed by atoms with Gasteiger partial charge in [-0.15, -0.1) is 0 Å². The Morgan fingerprint density at radius 3 is 3.05 bits per heavy atom. The molecule has 0 bridgehead atoms. The van der Waals surface area contributed by atoms with Gasteiger partial charge in [0.05, 0.1) is 18.2 Å². The Morgan fingerprint density at radius 1 is 1.63 bits per heavy atom. The molecule has 1 amide bonds. The molecule has 0 aromatic carbocycles. The minimum Gasteiger partial charge on any atom is -0.409 e. The molecule has 0 spiro atoms. The first-order valence-electron chi connectivity index (χ1n) is 5.61. The van der Waals surface area contributed by atoms with Crippen molar-refractivity contribution in [1.29, 1.82) is 0 Å². The van der Waals surface area contributed by atoms with Gasteiger partial charge in [-0.3, -0.25) is 4.79 Å². The van der Waals surface area contributed by atoms with E-state index in [0.29, 0.717) is 23.9 Å². The van der Waals surface area contributed by atoms with Gasteiger partial charge in [-0.25, -0.2) is 4.98 Å². The number of amidine groups is 1. The summed E-state index contributed by atoms with van der Waals surface area (Å²) in [5.41, 5.74) is 5.77. The van der Waals surface area contributed by atoms with Gasteiger partial charge in [-0.2, -0.15) is 0 Å². The normalized spacial score (nSPS) is 20.4. The Hall–Kier alpha value is -1.86. The lowest BCUT2D eigenvalue weighted by atomic mass is 10.2. The molecule has 1 fully saturated rings. The lowest BCUT2D eigenvalue weighted by molar-refractivity contribution is 0.00648. The van der Waals surface area contributed by atoms with Crippen LogP contribution in [0.25, 0.3) is 0 Å². The Bertz CT molecular complexity index is 491. The quantitative estimate of drug-likeness (QED) is 0.352. The van der Waals surface area contributed by atoms with Crippen molar-refractivity contribution < 1.29 is 14.7 Å². The fourth-order valence-corrected chi connectivity index (χ4v) is 1.85. The van der Waals surface area contributed by atoms with Gasteiger partial charge in [0.15, 0.2) is 5.84 Å². The van der Waals surface area contributed by atoms with Gasteiger partial charge in [0.25, 0.3) is 5.91 Å². The van der Waals surface area contributed by atoms with E-state index in [-0.39, 0.29) is 18.3 Å². The highest BCUT2D eigenvalue weighted by atomic mass is 35.5. The van der Waals surface area contributed by atoms with E-state index >= 15 is 0 Å². The molecule has 1 aliphatic rings. The molecule has 1 saturated heterocycles. The summed E-state index contributed by atoms with van der Waals surface area (Å²) in [6.45, 7) is 0.970. The maximum atomic E-state index is 12.2. The van der Waals surface area contributed by atoms with E-state index in [1.807, 2.05) is 0 Å². The monoisotopic (exact) mass is 284 g/mol. The number of aromatic nitrogens is 1. The second kappa shape index (κ2) is 5.85. The van der Waals surface area contributed by atoms with Crippen molar-refractivity contribution in [3.63, 3.8) is 0 Å². The van der Waals surface area contributed by atoms with Crippen LogP contribution in [0, 0.1) is 0 Å². The number of hydrogen-bond donors (Lipinski definition) is 2. The highest BCUT2D eigenvalue weighted by Crippen LogP contribution is 2.12. The third-order valence-electron chi connectivity index (χ3n) is 2.75. The van der Waals surface area contributed by atoms with Gasteiger partial charge in [-0.1, -0.05) is 16.8 Å². The number of pyridine rings is 1. The molecule has 0 radical (unpaired) electrons. The standard InChI is InChI=1S/C11H13ClN4O3/c12-7-1-2-8(14-5-7)11(17)16-3-4-19-9(6-16)10(13)15-18/h1-2,5,9,18H,3-4,6H2,(H2,13,15). The van der Waals surface area contributed by atoms with Crippen molar-refractivity contribution in [2.75, 3.05) is 19.7 Å². The number of oxime groups is 1. The Balaban J connectivity index is 2.09. The fraction of sp³-hybridized carbons (Fsp3) is 0.364. The Kier molecular flexibility index (Phi) is 4.18. The molecule has 1 aromatic heterocycles. The van der Waals surface area contributed by atoms with Crippen LogP contribution in [0.3, 0.4) is 0 Å². The van der Waals surface area contributed by atoms with Gasteiger partial charge >= 0.3 is 0 Å². The number of carbonyl (C=O) groups is 1. The second-order valence-corrected chi connectivity index (χ2v) is 4.43. The number of nitrogens with two attached hydrogens (primary N) is 1. The van der Waals surface area contributed by atoms with Crippen molar-refractivity contribution in [2.45, 2.75) is 6.10 Å². The van der Waals surface area contributed by atoms with Crippen LogP contribution in [-0.2, 0) is 4.74 Å². The number of nitrogens with zero attached hydrogens (tertiary/aromatic N) is 3. The summed E-state index contributed by atoms with van der Waals surface area (Å²) in [6, 6.07) is 3.15. The lowest BCUT2D eigenvalue weighted by Crippen LogP contribution is -2.50. The second-order valence-electron chi connectivity index (χ2n) is 4.00. The van der Waals surface area contributed by atoms with Crippen LogP contribution in [0.1, 0.15) is 10.5 Å². The van der Waals surface area contributed by atoms with Crippen LogP contribution >= 0.6 is 11.6 Å². The van der Waals surface area contributed by atoms with E-state index in [9.17, 15) is 4.79 Å². The third kappa shape index (κ3) is 3.12. The van der Waals surface area contributed by atoms with Crippen molar-refractivity contribution in [2.24, 2.45) is 10.9 Å². The number of morpholine rings is 1. The van der Waals surface area contributed by atoms with Crippen LogP contribution in [0.2, 0.25) is 5.02 Å². The van der Waals surface area contributed by atoms with Gasteiger partial charge in [-0.05, 0) is 12.1 Å². The number of rotatable bonds is 2. The van der Waals surface area contributed by atoms with E-state index in [0.717, 1.165) is 0 Å². The lowest BCUT2D eigenvalue weighted by Gasteiger charge is -2.31. The fourth-order valence-electron chi connectivity index (χ4n) is 1.74. The predicted molar refractivity (Wildman–Crippen MR) is 68.3 cm³/mol. The topological polar surface area (TPSA) is 101 Å². The van der Waals surface area contributed by atoms with Gasteiger partial charge in [0, 0.05) is 12.7 Å². The summed E-state index contributed by atoms with van der Waals surface area (Å²) in [7, 11) is 0. The Labute approximate surface area is 114 Å². The molecule has 0 saturated carbocycles. The van der Waals surface area contributed by atoms with Crippen LogP contribution in [-0.4, -0.2) is 52.6 Å². The average Bonchev–Trinajstić information content (AvgIpc) is 2.46. The maximum absolute atomic E-state index is 12.2. The van der Waals surface area contributed by atoms with E-state index in [4.69, 9.17) is 27.3 Å². The molecule has 1 aliphatic heterocycles. The summed E-state index contributed by atoms with van der Waals surface area (Å²) in [6.07, 6.45) is 0.811. The summed E-state index contributed by atoms with van der Waals surface area (Å²) in [4.78, 5) is 17.7. The van der Waals surface area contributed by atoms with Gasteiger partial charge in [0.1, 0.15) is 11.8 Å². The van der Waals surface area contributed by atoms with Gasteiger partial charge < -0.3 is 20.6 Å². The first-order valence-corrected chi connectivity index (χ1v) is 5.99. The maximum Gasteiger partial charge on any atom is 0.272 e. The molecular formula is C11H13ClN4O3. The summed E-state index contributed by atoms with van der Waals surface area (Å²) in [5, 5.41) is 12.0. The summed E-state index contributed by atoms with van der Waals surface area (Å²) >= 11 is 5.72. The number of amides is 1. The predicted octanol–water partition coefficient (Wildman–Crippen LogP) is 0.322. The van der Waals surface area contributed by atoms with Crippen LogP contribution in [0.5, 0.6) is 0 Å². The van der Waals surface area contributed by atoms with Crippen LogP contribution in [0.4, 0.5) is 0 Å². The smallest absolute Gasteiger partial charge is 0.272 e. The first kappa shape index (κ1) is 13.6. The zero-order valence-corrected chi connectivity index (χ0v) is 10.7. The highest BCUT2D eigenvalue weighted by Gasteiger charge is 2.28. The molecule has 7 nitrogen and oxygen atoms in total. The minimum absolute atomic E-state index is 0.0541. The number of hydrogen-bond acceptors (Lipinski definition) is 5. The number of ether oxygens (including phenoxy) is 1. The van der Waals surface area contributed by atoms with E-state index < -0.39 is 6.10 Å². The zero-order chi connectivity index (χ0) is 13.8. The van der Waals surface area contributed by atoms with Crippen molar-refractivity contribution in [3.8, 4) is 0 Å². The minimum atomic E-state index is -0.602. The van der Waals surface area contributed by atoms with E-state index in [1.54, 1.807) is 17.0 Å². The molecule has 2 rings (SSSR count). The SMILES string of the molecule is NC(=NO)C1CN(C(=O)c2ccc(Cl)cn2)CCO1. The molecular weight excluding hydrogens is 272 g/mol. The molecule has 1 unspecified atom stereocenters. The van der Waals surface area contributed by atoms with Crippen LogP contribution < -0.4 is 5.73 Å². The molecule has 102 valence electrons. The molecule has 2 heterocycles. The molecule has 1 atom stereocenters. The molecule has 0 aliphatic carbocycles. The molecule has 1 aromatic rings. The Morgan fingerprint density at radius 2 is 2.42 bits per heavy atom. The summed E-state index contributed by atoms with van der Waals surface area (Å²) < 4.78 is 5.31. The summed E-state index contributed by atoms with van der Waals surface area (Å²) in [5.74, 6) is -0.294. The van der Waals surface area contributed by atoms with Gasteiger partial charge in [0.2, 0.25) is 0 Å². The molecule has 19 heavy (non-hydrogen) atoms. The molecule has 3 N–H and O–H groups in total. The van der Waals surface area contributed by atoms with Crippen molar-refractivity contribution >= 4 is 23.3 Å². The van der Waals surface area contributed by atoms with Crippen molar-refractivity contribution in [1.82, 2.24) is 9.88 Å².